The van der Waals surface area contributed by atoms with Crippen LogP contribution in [-0.4, -0.2) is 24.5 Å². The van der Waals surface area contributed by atoms with Gasteiger partial charge >= 0.3 is 0 Å². The minimum Gasteiger partial charge on any atom is -0.468 e. The van der Waals surface area contributed by atoms with Gasteiger partial charge in [-0.1, -0.05) is 20.8 Å². The monoisotopic (exact) mass is 238 g/mol. The van der Waals surface area contributed by atoms with Crippen LogP contribution in [0.2, 0.25) is 0 Å². The van der Waals surface area contributed by atoms with E-state index in [9.17, 15) is 0 Å². The molecule has 0 unspecified atom stereocenters. The molecule has 0 aromatic carbocycles. The normalized spacial score (nSPS) is 11.3. The largest absolute Gasteiger partial charge is 0.468 e. The van der Waals surface area contributed by atoms with Crippen LogP contribution in [0.5, 0.6) is 0 Å². The molecule has 0 aliphatic rings. The summed E-state index contributed by atoms with van der Waals surface area (Å²) in [6.45, 7) is 11.7. The van der Waals surface area contributed by atoms with E-state index in [2.05, 4.69) is 37.1 Å². The van der Waals surface area contributed by atoms with E-state index in [1.165, 1.54) is 31.5 Å². The van der Waals surface area contributed by atoms with Crippen LogP contribution in [0.3, 0.4) is 0 Å². The Kier molecular flexibility index (Phi) is 6.97. The standard InChI is InChI=1S/C14H26N2O/c1-4-8-16(9-5-2)12-13-7-10-17-14(13)11-15-6-3/h7,10,15H,4-6,8-9,11-12H2,1-3H3. The summed E-state index contributed by atoms with van der Waals surface area (Å²) in [5.74, 6) is 1.09. The van der Waals surface area contributed by atoms with Crippen molar-refractivity contribution in [1.29, 1.82) is 0 Å². The molecule has 98 valence electrons. The molecule has 3 nitrogen and oxygen atoms in total. The number of nitrogens with zero attached hydrogens (tertiary/aromatic N) is 1. The van der Waals surface area contributed by atoms with Gasteiger partial charge in [-0.15, -0.1) is 0 Å². The maximum atomic E-state index is 5.53. The lowest BCUT2D eigenvalue weighted by Crippen LogP contribution is -2.25. The van der Waals surface area contributed by atoms with Gasteiger partial charge in [-0.3, -0.25) is 4.90 Å². The molecule has 0 spiro atoms. The van der Waals surface area contributed by atoms with Crippen molar-refractivity contribution in [2.24, 2.45) is 0 Å². The number of furan rings is 1. The van der Waals surface area contributed by atoms with Gasteiger partial charge in [0.25, 0.3) is 0 Å². The number of hydrogen-bond donors (Lipinski definition) is 1. The quantitative estimate of drug-likeness (QED) is 0.717. The van der Waals surface area contributed by atoms with Crippen LogP contribution in [-0.2, 0) is 13.1 Å². The summed E-state index contributed by atoms with van der Waals surface area (Å²) in [5.41, 5.74) is 1.33. The van der Waals surface area contributed by atoms with E-state index >= 15 is 0 Å². The minimum absolute atomic E-state index is 0.838. The van der Waals surface area contributed by atoms with Crippen LogP contribution < -0.4 is 5.32 Å². The first-order chi connectivity index (χ1) is 8.31. The lowest BCUT2D eigenvalue weighted by atomic mass is 10.2. The molecule has 3 heteroatoms. The fraction of sp³-hybridized carbons (Fsp3) is 0.714. The molecule has 1 aromatic rings. The van der Waals surface area contributed by atoms with Crippen molar-refractivity contribution in [2.45, 2.75) is 46.7 Å². The lowest BCUT2D eigenvalue weighted by Gasteiger charge is -2.20. The number of hydrogen-bond acceptors (Lipinski definition) is 3. The van der Waals surface area contributed by atoms with Gasteiger partial charge in [-0.2, -0.15) is 0 Å². The highest BCUT2D eigenvalue weighted by molar-refractivity contribution is 5.16. The van der Waals surface area contributed by atoms with Crippen LogP contribution >= 0.6 is 0 Å². The highest BCUT2D eigenvalue weighted by Gasteiger charge is 2.10. The van der Waals surface area contributed by atoms with E-state index in [1.54, 1.807) is 6.26 Å². The van der Waals surface area contributed by atoms with Gasteiger partial charge < -0.3 is 9.73 Å². The lowest BCUT2D eigenvalue weighted by molar-refractivity contribution is 0.264. The summed E-state index contributed by atoms with van der Waals surface area (Å²) in [4.78, 5) is 2.50. The Morgan fingerprint density at radius 3 is 2.47 bits per heavy atom. The first-order valence-corrected chi connectivity index (χ1v) is 6.80. The van der Waals surface area contributed by atoms with Gasteiger partial charge in [-0.05, 0) is 38.5 Å². The van der Waals surface area contributed by atoms with Crippen molar-refractivity contribution in [3.8, 4) is 0 Å². The summed E-state index contributed by atoms with van der Waals surface area (Å²) in [7, 11) is 0. The summed E-state index contributed by atoms with van der Waals surface area (Å²) in [6, 6.07) is 2.10. The van der Waals surface area contributed by atoms with E-state index in [1.807, 2.05) is 0 Å². The molecule has 0 atom stereocenters. The summed E-state index contributed by atoms with van der Waals surface area (Å²) in [5, 5.41) is 3.32. The summed E-state index contributed by atoms with van der Waals surface area (Å²) in [6.07, 6.45) is 4.22. The van der Waals surface area contributed by atoms with Crippen molar-refractivity contribution >= 4 is 0 Å². The summed E-state index contributed by atoms with van der Waals surface area (Å²) >= 11 is 0. The molecule has 0 fully saturated rings. The van der Waals surface area contributed by atoms with Crippen LogP contribution in [0, 0.1) is 0 Å². The predicted octanol–water partition coefficient (Wildman–Crippen LogP) is 3.01. The molecule has 1 N–H and O–H groups in total. The van der Waals surface area contributed by atoms with Crippen molar-refractivity contribution in [2.75, 3.05) is 19.6 Å². The molecule has 0 aliphatic carbocycles. The zero-order chi connectivity index (χ0) is 12.5. The first kappa shape index (κ1) is 14.3. The Bertz CT molecular complexity index is 290. The smallest absolute Gasteiger partial charge is 0.122 e. The molecule has 0 saturated heterocycles. The Hall–Kier alpha value is -0.800. The molecule has 0 saturated carbocycles. The third-order valence-electron chi connectivity index (χ3n) is 2.85. The fourth-order valence-corrected chi connectivity index (χ4v) is 2.04. The van der Waals surface area contributed by atoms with Crippen molar-refractivity contribution < 1.29 is 4.42 Å². The second kappa shape index (κ2) is 8.31. The molecule has 0 aliphatic heterocycles. The van der Waals surface area contributed by atoms with Crippen molar-refractivity contribution in [3.05, 3.63) is 23.7 Å². The van der Waals surface area contributed by atoms with Crippen LogP contribution in [0.1, 0.15) is 44.9 Å². The van der Waals surface area contributed by atoms with Gasteiger partial charge in [0.05, 0.1) is 12.8 Å². The maximum absolute atomic E-state index is 5.53. The molecule has 1 rings (SSSR count). The van der Waals surface area contributed by atoms with Crippen molar-refractivity contribution in [3.63, 3.8) is 0 Å². The zero-order valence-corrected chi connectivity index (χ0v) is 11.5. The van der Waals surface area contributed by atoms with Crippen LogP contribution in [0.25, 0.3) is 0 Å². The summed E-state index contributed by atoms with van der Waals surface area (Å²) < 4.78 is 5.53. The molecule has 0 bridgehead atoms. The third-order valence-corrected chi connectivity index (χ3v) is 2.85. The maximum Gasteiger partial charge on any atom is 0.122 e. The number of nitrogens with one attached hydrogen (secondary N) is 1. The second-order valence-corrected chi connectivity index (χ2v) is 4.43. The molecule has 0 amide bonds. The van der Waals surface area contributed by atoms with E-state index in [0.717, 1.165) is 25.4 Å². The van der Waals surface area contributed by atoms with Gasteiger partial charge in [0.15, 0.2) is 0 Å². The van der Waals surface area contributed by atoms with E-state index in [4.69, 9.17) is 4.42 Å². The average molecular weight is 238 g/mol. The van der Waals surface area contributed by atoms with Gasteiger partial charge in [0, 0.05) is 12.1 Å². The third kappa shape index (κ3) is 4.92. The molecular weight excluding hydrogens is 212 g/mol. The van der Waals surface area contributed by atoms with Crippen molar-refractivity contribution in [1.82, 2.24) is 10.2 Å². The molecule has 1 heterocycles. The Morgan fingerprint density at radius 1 is 1.18 bits per heavy atom. The van der Waals surface area contributed by atoms with Crippen LogP contribution in [0.4, 0.5) is 0 Å². The van der Waals surface area contributed by atoms with Crippen LogP contribution in [0.15, 0.2) is 16.7 Å². The fourth-order valence-electron chi connectivity index (χ4n) is 2.04. The van der Waals surface area contributed by atoms with Gasteiger partial charge in [0.1, 0.15) is 5.76 Å². The van der Waals surface area contributed by atoms with E-state index in [-0.39, 0.29) is 0 Å². The minimum atomic E-state index is 0.838. The molecule has 0 radical (unpaired) electrons. The molecule has 1 aromatic heterocycles. The Balaban J connectivity index is 2.55. The SMILES string of the molecule is CCCN(CCC)Cc1ccoc1CNCC. The molecular formula is C14H26N2O. The zero-order valence-electron chi connectivity index (χ0n) is 11.5. The average Bonchev–Trinajstić information content (AvgIpc) is 2.74. The van der Waals surface area contributed by atoms with E-state index < -0.39 is 0 Å². The Morgan fingerprint density at radius 2 is 1.88 bits per heavy atom. The Labute approximate surface area is 105 Å². The highest BCUT2D eigenvalue weighted by Crippen LogP contribution is 2.13. The predicted molar refractivity (Wildman–Crippen MR) is 71.9 cm³/mol. The van der Waals surface area contributed by atoms with Gasteiger partial charge in [-0.25, -0.2) is 0 Å². The first-order valence-electron chi connectivity index (χ1n) is 6.80. The second-order valence-electron chi connectivity index (χ2n) is 4.43. The number of rotatable bonds is 9. The molecule has 17 heavy (non-hydrogen) atoms. The highest BCUT2D eigenvalue weighted by atomic mass is 16.3. The van der Waals surface area contributed by atoms with E-state index in [0.29, 0.717) is 0 Å². The van der Waals surface area contributed by atoms with Gasteiger partial charge in [0.2, 0.25) is 0 Å². The topological polar surface area (TPSA) is 28.4 Å².